The highest BCUT2D eigenvalue weighted by molar-refractivity contribution is 7.80. The van der Waals surface area contributed by atoms with Gasteiger partial charge in [-0.15, -0.1) is 11.3 Å². The first kappa shape index (κ1) is 13.8. The summed E-state index contributed by atoms with van der Waals surface area (Å²) < 4.78 is 0. The highest BCUT2D eigenvalue weighted by atomic mass is 32.1. The number of aryl methyl sites for hydroxylation is 1. The summed E-state index contributed by atoms with van der Waals surface area (Å²) in [5.74, 6) is 0. The van der Waals surface area contributed by atoms with E-state index in [1.807, 2.05) is 30.5 Å². The van der Waals surface area contributed by atoms with Crippen molar-refractivity contribution in [2.45, 2.75) is 13.3 Å². The lowest BCUT2D eigenvalue weighted by atomic mass is 10.1. The van der Waals surface area contributed by atoms with Crippen LogP contribution in [0.1, 0.15) is 11.3 Å². The Morgan fingerprint density at radius 1 is 1.32 bits per heavy atom. The van der Waals surface area contributed by atoms with Crippen molar-refractivity contribution in [3.63, 3.8) is 0 Å². The molecule has 2 rings (SSSR count). The molecule has 1 aromatic carbocycles. The molecule has 0 amide bonds. The third-order valence-electron chi connectivity index (χ3n) is 2.44. The van der Waals surface area contributed by atoms with E-state index in [0.29, 0.717) is 5.11 Å². The van der Waals surface area contributed by atoms with Crippen LogP contribution in [0.15, 0.2) is 35.7 Å². The molecule has 1 aromatic heterocycles. The minimum atomic E-state index is 0.573. The van der Waals surface area contributed by atoms with Crippen molar-refractivity contribution in [1.29, 1.82) is 0 Å². The Labute approximate surface area is 122 Å². The normalized spacial score (nSPS) is 9.95. The van der Waals surface area contributed by atoms with Gasteiger partial charge in [0.2, 0.25) is 5.13 Å². The second kappa shape index (κ2) is 7.06. The Balaban J connectivity index is 1.65. The minimum Gasteiger partial charge on any atom is -0.361 e. The molecule has 0 aliphatic carbocycles. The van der Waals surface area contributed by atoms with Crippen LogP contribution in [0.3, 0.4) is 0 Å². The topological polar surface area (TPSA) is 49.0 Å². The molecular weight excluding hydrogens is 276 g/mol. The average molecular weight is 292 g/mol. The number of rotatable bonds is 5. The Morgan fingerprint density at radius 2 is 2.11 bits per heavy atom. The van der Waals surface area contributed by atoms with E-state index < -0.39 is 0 Å². The van der Waals surface area contributed by atoms with Gasteiger partial charge in [0.15, 0.2) is 5.11 Å². The second-order valence-electron chi connectivity index (χ2n) is 4.04. The maximum atomic E-state index is 5.17. The third-order valence-corrected chi connectivity index (χ3v) is 3.57. The molecule has 100 valence electrons. The lowest BCUT2D eigenvalue weighted by Crippen LogP contribution is -2.39. The van der Waals surface area contributed by atoms with Crippen molar-refractivity contribution in [3.05, 3.63) is 47.0 Å². The summed E-state index contributed by atoms with van der Waals surface area (Å²) in [4.78, 5) is 4.27. The van der Waals surface area contributed by atoms with Gasteiger partial charge < -0.3 is 5.32 Å². The number of hydrogen-bond acceptors (Lipinski definition) is 4. The Morgan fingerprint density at radius 3 is 2.79 bits per heavy atom. The van der Waals surface area contributed by atoms with Crippen LogP contribution < -0.4 is 16.2 Å². The summed E-state index contributed by atoms with van der Waals surface area (Å²) in [6.07, 6.45) is 0.943. The number of thiazole rings is 1. The minimum absolute atomic E-state index is 0.573. The molecule has 0 radical (unpaired) electrons. The molecule has 1 heterocycles. The van der Waals surface area contributed by atoms with Crippen molar-refractivity contribution in [2.24, 2.45) is 0 Å². The SMILES string of the molecule is Cc1csc(NNC(=S)NCCc2ccccc2)n1. The summed E-state index contributed by atoms with van der Waals surface area (Å²) in [6, 6.07) is 10.3. The first-order chi connectivity index (χ1) is 9.24. The number of nitrogens with one attached hydrogen (secondary N) is 3. The molecule has 3 N–H and O–H groups in total. The third kappa shape index (κ3) is 4.84. The summed E-state index contributed by atoms with van der Waals surface area (Å²) in [5.41, 5.74) is 8.17. The number of anilines is 1. The van der Waals surface area contributed by atoms with E-state index in [-0.39, 0.29) is 0 Å². The molecule has 0 spiro atoms. The molecule has 2 aromatic rings. The first-order valence-electron chi connectivity index (χ1n) is 6.00. The highest BCUT2D eigenvalue weighted by Crippen LogP contribution is 2.12. The summed E-state index contributed by atoms with van der Waals surface area (Å²) >= 11 is 6.71. The van der Waals surface area contributed by atoms with Crippen LogP contribution in [0.25, 0.3) is 0 Å². The van der Waals surface area contributed by atoms with Crippen LogP contribution >= 0.6 is 23.6 Å². The molecule has 0 fully saturated rings. The van der Waals surface area contributed by atoms with Crippen LogP contribution in [-0.2, 0) is 6.42 Å². The van der Waals surface area contributed by atoms with Gasteiger partial charge >= 0.3 is 0 Å². The predicted octanol–water partition coefficient (Wildman–Crippen LogP) is 2.49. The first-order valence-corrected chi connectivity index (χ1v) is 7.29. The second-order valence-corrected chi connectivity index (χ2v) is 5.30. The number of hydrazine groups is 1. The van der Waals surface area contributed by atoms with Gasteiger partial charge in [0, 0.05) is 11.9 Å². The fraction of sp³-hybridized carbons (Fsp3) is 0.231. The van der Waals surface area contributed by atoms with Gasteiger partial charge in [0.1, 0.15) is 0 Å². The molecule has 0 aliphatic rings. The molecule has 19 heavy (non-hydrogen) atoms. The van der Waals surface area contributed by atoms with E-state index in [2.05, 4.69) is 33.3 Å². The molecular formula is C13H16N4S2. The largest absolute Gasteiger partial charge is 0.361 e. The Kier molecular flexibility index (Phi) is 5.11. The molecule has 0 saturated heterocycles. The summed E-state index contributed by atoms with van der Waals surface area (Å²) in [7, 11) is 0. The van der Waals surface area contributed by atoms with Crippen molar-refractivity contribution in [2.75, 3.05) is 12.0 Å². The maximum Gasteiger partial charge on any atom is 0.201 e. The van der Waals surface area contributed by atoms with Gasteiger partial charge in [-0.25, -0.2) is 4.98 Å². The predicted molar refractivity (Wildman–Crippen MR) is 84.4 cm³/mol. The van der Waals surface area contributed by atoms with Crippen molar-refractivity contribution >= 4 is 33.8 Å². The zero-order chi connectivity index (χ0) is 13.5. The van der Waals surface area contributed by atoms with Crippen molar-refractivity contribution in [1.82, 2.24) is 15.7 Å². The Hall–Kier alpha value is -1.66. The number of nitrogens with zero attached hydrogens (tertiary/aromatic N) is 1. The van der Waals surface area contributed by atoms with Crippen LogP contribution in [0.5, 0.6) is 0 Å². The Bertz CT molecular complexity index is 524. The van der Waals surface area contributed by atoms with Gasteiger partial charge in [-0.3, -0.25) is 10.9 Å². The van der Waals surface area contributed by atoms with Crippen molar-refractivity contribution < 1.29 is 0 Å². The highest BCUT2D eigenvalue weighted by Gasteiger charge is 1.99. The van der Waals surface area contributed by atoms with Crippen LogP contribution in [0, 0.1) is 6.92 Å². The van der Waals surface area contributed by atoms with Crippen molar-refractivity contribution in [3.8, 4) is 0 Å². The van der Waals surface area contributed by atoms with Gasteiger partial charge in [0.25, 0.3) is 0 Å². The van der Waals surface area contributed by atoms with E-state index in [4.69, 9.17) is 12.2 Å². The van der Waals surface area contributed by atoms with Crippen LogP contribution in [0.4, 0.5) is 5.13 Å². The quantitative estimate of drug-likeness (QED) is 0.584. The molecule has 0 unspecified atom stereocenters. The van der Waals surface area contributed by atoms with E-state index in [1.165, 1.54) is 5.56 Å². The van der Waals surface area contributed by atoms with Gasteiger partial charge in [-0.2, -0.15) is 0 Å². The van der Waals surface area contributed by atoms with E-state index >= 15 is 0 Å². The molecule has 4 nitrogen and oxygen atoms in total. The van der Waals surface area contributed by atoms with E-state index in [9.17, 15) is 0 Å². The molecule has 0 saturated carbocycles. The van der Waals surface area contributed by atoms with Crippen LogP contribution in [-0.4, -0.2) is 16.6 Å². The van der Waals surface area contributed by atoms with Crippen LogP contribution in [0.2, 0.25) is 0 Å². The van der Waals surface area contributed by atoms with Gasteiger partial charge in [-0.05, 0) is 31.1 Å². The number of hydrogen-bond donors (Lipinski definition) is 3. The zero-order valence-corrected chi connectivity index (χ0v) is 12.3. The fourth-order valence-corrected chi connectivity index (χ4v) is 2.33. The monoisotopic (exact) mass is 292 g/mol. The molecule has 0 bridgehead atoms. The molecule has 0 atom stereocenters. The van der Waals surface area contributed by atoms with Gasteiger partial charge in [0.05, 0.1) is 5.69 Å². The number of benzene rings is 1. The zero-order valence-electron chi connectivity index (χ0n) is 10.6. The maximum absolute atomic E-state index is 5.17. The molecule has 6 heteroatoms. The lowest BCUT2D eigenvalue weighted by Gasteiger charge is -2.10. The number of thiocarbonyl (C=S) groups is 1. The smallest absolute Gasteiger partial charge is 0.201 e. The number of aromatic nitrogens is 1. The average Bonchev–Trinajstić information content (AvgIpc) is 2.83. The summed E-state index contributed by atoms with van der Waals surface area (Å²) in [5, 5.41) is 6.51. The molecule has 0 aliphatic heterocycles. The summed E-state index contributed by atoms with van der Waals surface area (Å²) in [6.45, 7) is 2.76. The lowest BCUT2D eigenvalue weighted by molar-refractivity contribution is 0.848. The van der Waals surface area contributed by atoms with E-state index in [1.54, 1.807) is 11.3 Å². The van der Waals surface area contributed by atoms with E-state index in [0.717, 1.165) is 23.8 Å². The fourth-order valence-electron chi connectivity index (χ4n) is 1.53. The van der Waals surface area contributed by atoms with Gasteiger partial charge in [-0.1, -0.05) is 30.3 Å². The standard InChI is InChI=1S/C13H16N4S2/c1-10-9-19-13(15-10)17-16-12(18)14-8-7-11-5-3-2-4-6-11/h2-6,9H,7-8H2,1H3,(H,15,17)(H2,14,16,18).